The van der Waals surface area contributed by atoms with Crippen LogP contribution >= 0.6 is 0 Å². The summed E-state index contributed by atoms with van der Waals surface area (Å²) in [6, 6.07) is 9.99. The smallest absolute Gasteiger partial charge is 0.380 e. The number of nitrogens with two attached hydrogens (primary N) is 1. The van der Waals surface area contributed by atoms with Crippen LogP contribution in [0.1, 0.15) is 18.1 Å². The van der Waals surface area contributed by atoms with Crippen LogP contribution in [0.5, 0.6) is 11.5 Å². The zero-order valence-electron chi connectivity index (χ0n) is 14.4. The van der Waals surface area contributed by atoms with Gasteiger partial charge in [-0.15, -0.1) is 0 Å². The molecule has 11 heteroatoms. The average molecular weight is 392 g/mol. The number of hydrogen-bond donors (Lipinski definition) is 1. The van der Waals surface area contributed by atoms with Gasteiger partial charge >= 0.3 is 10.3 Å². The van der Waals surface area contributed by atoms with Gasteiger partial charge in [0.05, 0.1) is 12.8 Å². The van der Waals surface area contributed by atoms with Gasteiger partial charge in [-0.05, 0) is 53.1 Å². The van der Waals surface area contributed by atoms with Crippen LogP contribution in [0.2, 0.25) is 0 Å². The highest BCUT2D eigenvalue weighted by atomic mass is 32.2. The highest BCUT2D eigenvalue weighted by molar-refractivity contribution is 7.84. The Labute approximate surface area is 154 Å². The van der Waals surface area contributed by atoms with Gasteiger partial charge in [0.15, 0.2) is 11.5 Å². The third-order valence-corrected chi connectivity index (χ3v) is 3.95. The van der Waals surface area contributed by atoms with E-state index in [9.17, 15) is 8.42 Å². The molecule has 2 N–H and O–H groups in total. The molecule has 2 aromatic carbocycles. The maximum absolute atomic E-state index is 11.1. The van der Waals surface area contributed by atoms with E-state index in [1.165, 1.54) is 13.2 Å². The fourth-order valence-electron chi connectivity index (χ4n) is 2.26. The summed E-state index contributed by atoms with van der Waals surface area (Å²) in [4.78, 5) is 5.37. The zero-order chi connectivity index (χ0) is 19.4. The van der Waals surface area contributed by atoms with Crippen molar-refractivity contribution in [1.82, 2.24) is 10.3 Å². The van der Waals surface area contributed by atoms with Gasteiger partial charge < -0.3 is 13.8 Å². The monoisotopic (exact) mass is 392 g/mol. The topological polar surface area (TPSA) is 139 Å². The summed E-state index contributed by atoms with van der Waals surface area (Å²) >= 11 is 0. The van der Waals surface area contributed by atoms with Crippen molar-refractivity contribution in [1.29, 1.82) is 0 Å². The van der Waals surface area contributed by atoms with Crippen molar-refractivity contribution in [2.24, 2.45) is 10.3 Å². The van der Waals surface area contributed by atoms with Crippen molar-refractivity contribution in [2.75, 3.05) is 7.11 Å². The number of nitrogens with zero attached hydrogens (tertiary/aromatic N) is 3. The van der Waals surface area contributed by atoms with Gasteiger partial charge in [0.2, 0.25) is 0 Å². The summed E-state index contributed by atoms with van der Waals surface area (Å²) in [6.07, 6.45) is 0. The Bertz CT molecular complexity index is 1090. The quantitative estimate of drug-likeness (QED) is 0.474. The second kappa shape index (κ2) is 7.60. The largest absolute Gasteiger partial charge is 0.493 e. The number of methoxy groups -OCH3 is 1. The van der Waals surface area contributed by atoms with E-state index in [0.717, 1.165) is 5.56 Å². The van der Waals surface area contributed by atoms with Crippen molar-refractivity contribution in [3.8, 4) is 11.5 Å². The highest BCUT2D eigenvalue weighted by Crippen LogP contribution is 2.29. The minimum atomic E-state index is -4.15. The van der Waals surface area contributed by atoms with Crippen LogP contribution in [-0.2, 0) is 21.7 Å². The van der Waals surface area contributed by atoms with E-state index < -0.39 is 10.3 Å². The molecule has 0 radical (unpaired) electrons. The number of benzene rings is 2. The Morgan fingerprint density at radius 2 is 1.93 bits per heavy atom. The highest BCUT2D eigenvalue weighted by Gasteiger charge is 2.13. The summed E-state index contributed by atoms with van der Waals surface area (Å²) in [6.45, 7) is 1.96. The number of oxime groups is 1. The SMILES string of the molecule is COc1cc(/C(C)=N\OCc2ccc3nonc3c2)ccc1OS(N)(=O)=O. The predicted molar refractivity (Wildman–Crippen MR) is 95.5 cm³/mol. The lowest BCUT2D eigenvalue weighted by Crippen LogP contribution is -2.19. The molecule has 0 spiro atoms. The molecule has 0 saturated carbocycles. The van der Waals surface area contributed by atoms with Crippen LogP contribution < -0.4 is 14.1 Å². The van der Waals surface area contributed by atoms with Crippen LogP contribution in [-0.4, -0.2) is 31.6 Å². The van der Waals surface area contributed by atoms with E-state index >= 15 is 0 Å². The number of aromatic nitrogens is 2. The minimum Gasteiger partial charge on any atom is -0.493 e. The Hall–Kier alpha value is -3.18. The van der Waals surface area contributed by atoms with Gasteiger partial charge in [-0.2, -0.15) is 13.6 Å². The minimum absolute atomic E-state index is 0.0213. The van der Waals surface area contributed by atoms with E-state index in [1.807, 2.05) is 6.07 Å². The summed E-state index contributed by atoms with van der Waals surface area (Å²) in [7, 11) is -2.77. The van der Waals surface area contributed by atoms with Crippen molar-refractivity contribution in [3.63, 3.8) is 0 Å². The Morgan fingerprint density at radius 3 is 2.67 bits per heavy atom. The molecule has 0 fully saturated rings. The first-order valence-electron chi connectivity index (χ1n) is 7.64. The molecule has 0 bridgehead atoms. The lowest BCUT2D eigenvalue weighted by atomic mass is 10.1. The van der Waals surface area contributed by atoms with Crippen LogP contribution in [0, 0.1) is 0 Å². The zero-order valence-corrected chi connectivity index (χ0v) is 15.3. The van der Waals surface area contributed by atoms with E-state index in [0.29, 0.717) is 22.3 Å². The maximum Gasteiger partial charge on any atom is 0.380 e. The summed E-state index contributed by atoms with van der Waals surface area (Å²) in [5, 5.41) is 16.4. The second-order valence-electron chi connectivity index (χ2n) is 5.48. The van der Waals surface area contributed by atoms with Gasteiger partial charge in [0, 0.05) is 5.56 Å². The first-order valence-corrected chi connectivity index (χ1v) is 9.11. The first kappa shape index (κ1) is 18.6. The maximum atomic E-state index is 11.1. The van der Waals surface area contributed by atoms with Crippen LogP contribution in [0.4, 0.5) is 0 Å². The first-order chi connectivity index (χ1) is 12.9. The summed E-state index contributed by atoms with van der Waals surface area (Å²) < 4.78 is 36.6. The molecule has 0 amide bonds. The molecular formula is C16H16N4O6S. The molecule has 3 aromatic rings. The van der Waals surface area contributed by atoms with Crippen LogP contribution in [0.25, 0.3) is 11.0 Å². The number of fused-ring (bicyclic) bond motifs is 1. The Morgan fingerprint density at radius 1 is 1.15 bits per heavy atom. The number of hydrogen-bond acceptors (Lipinski definition) is 9. The average Bonchev–Trinajstić information content (AvgIpc) is 3.08. The third-order valence-electron chi connectivity index (χ3n) is 3.54. The van der Waals surface area contributed by atoms with E-state index in [1.54, 1.807) is 31.2 Å². The van der Waals surface area contributed by atoms with Gasteiger partial charge in [0.25, 0.3) is 0 Å². The van der Waals surface area contributed by atoms with Crippen molar-refractivity contribution >= 4 is 27.0 Å². The third kappa shape index (κ3) is 4.71. The predicted octanol–water partition coefficient (Wildman–Crippen LogP) is 1.75. The van der Waals surface area contributed by atoms with Gasteiger partial charge in [-0.3, -0.25) is 0 Å². The molecule has 1 heterocycles. The lowest BCUT2D eigenvalue weighted by molar-refractivity contribution is 0.130. The van der Waals surface area contributed by atoms with Crippen molar-refractivity contribution in [2.45, 2.75) is 13.5 Å². The van der Waals surface area contributed by atoms with Gasteiger partial charge in [-0.25, -0.2) is 4.63 Å². The van der Waals surface area contributed by atoms with Gasteiger partial charge in [-0.1, -0.05) is 11.2 Å². The summed E-state index contributed by atoms with van der Waals surface area (Å²) in [5.41, 5.74) is 3.35. The molecular weight excluding hydrogens is 376 g/mol. The van der Waals surface area contributed by atoms with Crippen LogP contribution in [0.3, 0.4) is 0 Å². The van der Waals surface area contributed by atoms with E-state index in [2.05, 4.69) is 24.3 Å². The van der Waals surface area contributed by atoms with E-state index in [4.69, 9.17) is 14.7 Å². The Kier molecular flexibility index (Phi) is 5.23. The van der Waals surface area contributed by atoms with Crippen LogP contribution in [0.15, 0.2) is 46.2 Å². The standard InChI is InChI=1S/C16H16N4O6S/c1-10(12-4-6-15(16(8-12)23-2)25-27(17,21)22)18-24-9-11-3-5-13-14(7-11)20-26-19-13/h3-8H,9H2,1-2H3,(H2,17,21,22)/b18-10-. The Balaban J connectivity index is 1.71. The molecule has 0 aliphatic rings. The fourth-order valence-corrected chi connectivity index (χ4v) is 2.65. The van der Waals surface area contributed by atoms with Crippen molar-refractivity contribution in [3.05, 3.63) is 47.5 Å². The molecule has 27 heavy (non-hydrogen) atoms. The number of ether oxygens (including phenoxy) is 1. The van der Waals surface area contributed by atoms with Crippen molar-refractivity contribution < 1.29 is 26.8 Å². The molecule has 0 atom stereocenters. The van der Waals surface area contributed by atoms with E-state index in [-0.39, 0.29) is 18.1 Å². The molecule has 1 aromatic heterocycles. The summed E-state index contributed by atoms with van der Waals surface area (Å²) in [5.74, 6) is 0.173. The molecule has 3 rings (SSSR count). The second-order valence-corrected chi connectivity index (χ2v) is 6.63. The molecule has 142 valence electrons. The molecule has 0 aliphatic heterocycles. The molecule has 0 unspecified atom stereocenters. The lowest BCUT2D eigenvalue weighted by Gasteiger charge is -2.10. The normalized spacial score (nSPS) is 12.2. The number of rotatable bonds is 7. The molecule has 0 aliphatic carbocycles. The van der Waals surface area contributed by atoms with Gasteiger partial charge in [0.1, 0.15) is 17.6 Å². The molecule has 0 saturated heterocycles. The molecule has 10 nitrogen and oxygen atoms in total. The fraction of sp³-hybridized carbons (Fsp3) is 0.188.